The highest BCUT2D eigenvalue weighted by molar-refractivity contribution is 5.75. The molecule has 0 aliphatic heterocycles. The molecule has 0 aliphatic rings. The number of hydrogen-bond donors (Lipinski definition) is 3. The van der Waals surface area contributed by atoms with Crippen LogP contribution in [0.1, 0.15) is 13.8 Å². The van der Waals surface area contributed by atoms with Crippen LogP contribution in [0.25, 0.3) is 0 Å². The third kappa shape index (κ3) is 15.7. The number of nitrogens with two attached hydrogens (primary N) is 1. The molecule has 0 aromatic heterocycles. The summed E-state index contributed by atoms with van der Waals surface area (Å²) in [6, 6.07) is 0. The van der Waals surface area contributed by atoms with Gasteiger partial charge in [0.1, 0.15) is 0 Å². The topological polar surface area (TPSA) is 83.6 Å². The van der Waals surface area contributed by atoms with E-state index in [0.717, 1.165) is 0 Å². The van der Waals surface area contributed by atoms with Crippen LogP contribution in [0.3, 0.4) is 0 Å². The molecule has 0 saturated carbocycles. The Bertz CT molecular complexity index is 81.1. The highest BCUT2D eigenvalue weighted by atomic mass is 16.3. The van der Waals surface area contributed by atoms with Crippen molar-refractivity contribution in [1.29, 1.82) is 0 Å². The molecule has 0 heterocycles. The molecule has 4 heteroatoms. The van der Waals surface area contributed by atoms with Gasteiger partial charge in [0.2, 0.25) is 5.91 Å². The predicted octanol–water partition coefficient (Wildman–Crippen LogP) is -0.901. The van der Waals surface area contributed by atoms with Gasteiger partial charge in [-0.25, -0.2) is 0 Å². The Morgan fingerprint density at radius 2 is 1.60 bits per heavy atom. The maximum absolute atomic E-state index is 9.92. The zero-order chi connectivity index (χ0) is 8.57. The van der Waals surface area contributed by atoms with E-state index in [4.69, 9.17) is 15.9 Å². The number of carbonyl (C=O) groups is 1. The number of amides is 1. The Balaban J connectivity index is 0. The van der Waals surface area contributed by atoms with E-state index in [9.17, 15) is 4.79 Å². The molecular weight excluding hydrogens is 134 g/mol. The maximum atomic E-state index is 9.92. The first-order valence-corrected chi connectivity index (χ1v) is 3.07. The summed E-state index contributed by atoms with van der Waals surface area (Å²) in [7, 11) is 0. The number of carbonyl (C=O) groups excluding carboxylic acids is 1. The standard InChI is InChI=1S/C4H9NO.C2H6O2/c1-3(2)4(5)6;3-1-2-4/h3H,1-2H3,(H2,5,6);3-4H,1-2H2. The highest BCUT2D eigenvalue weighted by Crippen LogP contribution is 1.84. The van der Waals surface area contributed by atoms with Crippen LogP contribution in [0.5, 0.6) is 0 Å². The Morgan fingerprint density at radius 3 is 1.60 bits per heavy atom. The number of hydrogen-bond acceptors (Lipinski definition) is 3. The minimum atomic E-state index is -0.241. The minimum absolute atomic E-state index is 0.00926. The third-order valence-electron chi connectivity index (χ3n) is 0.669. The van der Waals surface area contributed by atoms with E-state index < -0.39 is 0 Å². The van der Waals surface area contributed by atoms with Crippen molar-refractivity contribution in [3.63, 3.8) is 0 Å². The molecule has 0 fully saturated rings. The van der Waals surface area contributed by atoms with Crippen LogP contribution in [-0.4, -0.2) is 29.3 Å². The Morgan fingerprint density at radius 1 is 1.40 bits per heavy atom. The molecule has 4 nitrogen and oxygen atoms in total. The number of primary amides is 1. The van der Waals surface area contributed by atoms with Gasteiger partial charge < -0.3 is 15.9 Å². The predicted molar refractivity (Wildman–Crippen MR) is 38.2 cm³/mol. The first-order chi connectivity index (χ1) is 4.56. The second-order valence-electron chi connectivity index (χ2n) is 2.00. The van der Waals surface area contributed by atoms with Gasteiger partial charge in [-0.15, -0.1) is 0 Å². The lowest BCUT2D eigenvalue weighted by Crippen LogP contribution is -2.17. The lowest BCUT2D eigenvalue weighted by atomic mass is 10.2. The van der Waals surface area contributed by atoms with Gasteiger partial charge in [-0.05, 0) is 0 Å². The van der Waals surface area contributed by atoms with Gasteiger partial charge in [-0.1, -0.05) is 13.8 Å². The fourth-order valence-electron chi connectivity index (χ4n) is 0. The van der Waals surface area contributed by atoms with E-state index in [1.165, 1.54) is 0 Å². The second kappa shape index (κ2) is 8.39. The molecule has 0 bridgehead atoms. The summed E-state index contributed by atoms with van der Waals surface area (Å²) in [5.74, 6) is -0.250. The smallest absolute Gasteiger partial charge is 0.219 e. The van der Waals surface area contributed by atoms with Crippen LogP contribution in [0.4, 0.5) is 0 Å². The molecular formula is C6H15NO3. The first-order valence-electron chi connectivity index (χ1n) is 3.07. The Kier molecular flexibility index (Phi) is 10.2. The zero-order valence-electron chi connectivity index (χ0n) is 6.37. The van der Waals surface area contributed by atoms with Crippen LogP contribution >= 0.6 is 0 Å². The molecule has 0 aromatic carbocycles. The van der Waals surface area contributed by atoms with Crippen molar-refractivity contribution in [3.05, 3.63) is 0 Å². The molecule has 62 valence electrons. The van der Waals surface area contributed by atoms with Crippen LogP contribution in [0.15, 0.2) is 0 Å². The monoisotopic (exact) mass is 149 g/mol. The van der Waals surface area contributed by atoms with Crippen molar-refractivity contribution < 1.29 is 15.0 Å². The van der Waals surface area contributed by atoms with Gasteiger partial charge in [0.05, 0.1) is 13.2 Å². The van der Waals surface area contributed by atoms with Crippen molar-refractivity contribution in [3.8, 4) is 0 Å². The van der Waals surface area contributed by atoms with Crippen molar-refractivity contribution in [2.24, 2.45) is 11.7 Å². The molecule has 4 N–H and O–H groups in total. The number of aliphatic hydroxyl groups is 2. The van der Waals surface area contributed by atoms with Gasteiger partial charge >= 0.3 is 0 Å². The largest absolute Gasteiger partial charge is 0.394 e. The summed E-state index contributed by atoms with van der Waals surface area (Å²) in [6.07, 6.45) is 0. The SMILES string of the molecule is CC(C)C(N)=O.OCCO. The van der Waals surface area contributed by atoms with Gasteiger partial charge in [0.25, 0.3) is 0 Å². The second-order valence-corrected chi connectivity index (χ2v) is 2.00. The molecule has 1 amide bonds. The van der Waals surface area contributed by atoms with Gasteiger partial charge in [-0.2, -0.15) is 0 Å². The highest BCUT2D eigenvalue weighted by Gasteiger charge is 1.96. The Labute approximate surface area is 60.7 Å². The molecule has 0 saturated heterocycles. The summed E-state index contributed by atoms with van der Waals surface area (Å²) in [4.78, 5) is 9.92. The van der Waals surface area contributed by atoms with Crippen LogP contribution in [0, 0.1) is 5.92 Å². The summed E-state index contributed by atoms with van der Waals surface area (Å²) >= 11 is 0. The van der Waals surface area contributed by atoms with E-state index in [-0.39, 0.29) is 25.0 Å². The average Bonchev–Trinajstić information content (AvgIpc) is 1.89. The molecule has 0 spiro atoms. The molecule has 0 atom stereocenters. The van der Waals surface area contributed by atoms with Gasteiger partial charge in [-0.3, -0.25) is 4.79 Å². The van der Waals surface area contributed by atoms with Crippen LogP contribution in [-0.2, 0) is 4.79 Å². The third-order valence-corrected chi connectivity index (χ3v) is 0.669. The van der Waals surface area contributed by atoms with Crippen LogP contribution < -0.4 is 5.73 Å². The molecule has 0 aliphatic carbocycles. The summed E-state index contributed by atoms with van der Waals surface area (Å²) in [5.41, 5.74) is 4.80. The summed E-state index contributed by atoms with van der Waals surface area (Å²) in [5, 5.41) is 15.2. The number of aliphatic hydroxyl groups excluding tert-OH is 2. The van der Waals surface area contributed by atoms with Crippen molar-refractivity contribution in [2.45, 2.75) is 13.8 Å². The Hall–Kier alpha value is -0.610. The van der Waals surface area contributed by atoms with Gasteiger partial charge in [0, 0.05) is 5.92 Å². The van der Waals surface area contributed by atoms with E-state index in [2.05, 4.69) is 0 Å². The number of rotatable bonds is 2. The van der Waals surface area contributed by atoms with Gasteiger partial charge in [0.15, 0.2) is 0 Å². The van der Waals surface area contributed by atoms with E-state index >= 15 is 0 Å². The lowest BCUT2D eigenvalue weighted by Gasteiger charge is -1.90. The lowest BCUT2D eigenvalue weighted by molar-refractivity contribution is -0.120. The van der Waals surface area contributed by atoms with E-state index in [0.29, 0.717) is 0 Å². The molecule has 10 heavy (non-hydrogen) atoms. The fraction of sp³-hybridized carbons (Fsp3) is 0.833. The fourth-order valence-corrected chi connectivity index (χ4v) is 0. The van der Waals surface area contributed by atoms with E-state index in [1.54, 1.807) is 13.8 Å². The normalized spacial score (nSPS) is 8.50. The molecule has 0 rings (SSSR count). The molecule has 0 aromatic rings. The van der Waals surface area contributed by atoms with Crippen molar-refractivity contribution in [2.75, 3.05) is 13.2 Å². The molecule has 0 radical (unpaired) electrons. The summed E-state index contributed by atoms with van der Waals surface area (Å²) in [6.45, 7) is 3.28. The zero-order valence-corrected chi connectivity index (χ0v) is 6.37. The average molecular weight is 149 g/mol. The van der Waals surface area contributed by atoms with E-state index in [1.807, 2.05) is 0 Å². The maximum Gasteiger partial charge on any atom is 0.219 e. The van der Waals surface area contributed by atoms with Crippen LogP contribution in [0.2, 0.25) is 0 Å². The van der Waals surface area contributed by atoms with Crippen molar-refractivity contribution >= 4 is 5.91 Å². The summed E-state index contributed by atoms with van der Waals surface area (Å²) < 4.78 is 0. The molecule has 0 unspecified atom stereocenters. The quantitative estimate of drug-likeness (QED) is 0.475. The van der Waals surface area contributed by atoms with Crippen molar-refractivity contribution in [1.82, 2.24) is 0 Å². The first kappa shape index (κ1) is 12.1. The minimum Gasteiger partial charge on any atom is -0.394 e.